The zero-order valence-corrected chi connectivity index (χ0v) is 15.8. The highest BCUT2D eigenvalue weighted by Crippen LogP contribution is 2.15. The lowest BCUT2D eigenvalue weighted by atomic mass is 10.2. The predicted octanol–water partition coefficient (Wildman–Crippen LogP) is 5.06. The van der Waals surface area contributed by atoms with Crippen LogP contribution in [-0.4, -0.2) is 27.6 Å². The summed E-state index contributed by atoms with van der Waals surface area (Å²) in [4.78, 5) is 0. The molecule has 2 rings (SSSR count). The summed E-state index contributed by atoms with van der Waals surface area (Å²) in [5.41, 5.74) is 5.14. The van der Waals surface area contributed by atoms with E-state index < -0.39 is 8.07 Å². The van der Waals surface area contributed by atoms with E-state index in [2.05, 4.69) is 68.2 Å². The van der Waals surface area contributed by atoms with Gasteiger partial charge in [-0.25, -0.2) is 0 Å². The van der Waals surface area contributed by atoms with Crippen molar-refractivity contribution in [3.05, 3.63) is 59.3 Å². The van der Waals surface area contributed by atoms with Crippen LogP contribution >= 0.6 is 0 Å². The molecule has 0 spiro atoms. The Balaban J connectivity index is 1.78. The Bertz CT molecular complexity index is 514. The van der Waals surface area contributed by atoms with E-state index in [9.17, 15) is 0 Å². The van der Waals surface area contributed by atoms with Gasteiger partial charge in [-0.15, -0.1) is 0 Å². The highest BCUT2D eigenvalue weighted by Gasteiger charge is 2.17. The molecule has 2 nitrogen and oxygen atoms in total. The molecule has 0 amide bonds. The standard InChI is InChI=1S/C20H30O2Si/c1-18(12-15-22-20-11-7-8-14-21-20)13-16-23(2,3)17-19-9-5-4-6-10-19/h4-6,9-10,12-13,16,20H,7-8,11,14-15,17H2,1-3H3/b16-13+,18-12+. The molecule has 0 radical (unpaired) electrons. The van der Waals surface area contributed by atoms with Crippen LogP contribution in [0.1, 0.15) is 31.7 Å². The summed E-state index contributed by atoms with van der Waals surface area (Å²) in [6.45, 7) is 8.45. The molecule has 1 aromatic carbocycles. The third-order valence-corrected chi connectivity index (χ3v) is 6.51. The number of benzene rings is 1. The number of rotatable bonds is 7. The third kappa shape index (κ3) is 7.29. The van der Waals surface area contributed by atoms with Crippen LogP contribution in [0.3, 0.4) is 0 Å². The summed E-state index contributed by atoms with van der Waals surface area (Å²) in [6.07, 6.45) is 7.83. The average Bonchev–Trinajstić information content (AvgIpc) is 2.55. The van der Waals surface area contributed by atoms with Crippen LogP contribution in [0.15, 0.2) is 53.8 Å². The zero-order valence-electron chi connectivity index (χ0n) is 14.8. The van der Waals surface area contributed by atoms with Crippen LogP contribution in [-0.2, 0) is 15.5 Å². The molecule has 126 valence electrons. The second-order valence-electron chi connectivity index (χ2n) is 7.06. The Kier molecular flexibility index (Phi) is 7.28. The van der Waals surface area contributed by atoms with Gasteiger partial charge in [-0.05, 0) is 32.2 Å². The lowest BCUT2D eigenvalue weighted by Gasteiger charge is -2.22. The summed E-state index contributed by atoms with van der Waals surface area (Å²) in [7, 11) is -1.37. The molecule has 0 aliphatic carbocycles. The maximum absolute atomic E-state index is 5.76. The Morgan fingerprint density at radius 2 is 2.04 bits per heavy atom. The molecule has 1 unspecified atom stereocenters. The molecular formula is C20H30O2Si. The summed E-state index contributed by atoms with van der Waals surface area (Å²) < 4.78 is 11.3. The molecule has 1 aromatic rings. The van der Waals surface area contributed by atoms with Crippen LogP contribution < -0.4 is 0 Å². The molecular weight excluding hydrogens is 300 g/mol. The maximum atomic E-state index is 5.76. The van der Waals surface area contributed by atoms with E-state index in [-0.39, 0.29) is 6.29 Å². The first-order valence-electron chi connectivity index (χ1n) is 8.68. The molecule has 3 heteroatoms. The van der Waals surface area contributed by atoms with Crippen LogP contribution in [0, 0.1) is 0 Å². The minimum Gasteiger partial charge on any atom is -0.353 e. The molecule has 1 aliphatic heterocycles. The molecule has 1 heterocycles. The minimum absolute atomic E-state index is 0.000626. The average molecular weight is 331 g/mol. The van der Waals surface area contributed by atoms with Crippen molar-refractivity contribution >= 4 is 8.07 Å². The van der Waals surface area contributed by atoms with Gasteiger partial charge in [0.15, 0.2) is 6.29 Å². The largest absolute Gasteiger partial charge is 0.353 e. The van der Waals surface area contributed by atoms with Gasteiger partial charge in [0.1, 0.15) is 0 Å². The van der Waals surface area contributed by atoms with Crippen molar-refractivity contribution in [2.45, 2.75) is 51.6 Å². The maximum Gasteiger partial charge on any atom is 0.157 e. The van der Waals surface area contributed by atoms with Gasteiger partial charge in [0, 0.05) is 6.61 Å². The Morgan fingerprint density at radius 1 is 1.26 bits per heavy atom. The van der Waals surface area contributed by atoms with Gasteiger partial charge >= 0.3 is 0 Å². The van der Waals surface area contributed by atoms with Crippen molar-refractivity contribution < 1.29 is 9.47 Å². The smallest absolute Gasteiger partial charge is 0.157 e. The van der Waals surface area contributed by atoms with Crippen LogP contribution in [0.2, 0.25) is 13.1 Å². The fourth-order valence-electron chi connectivity index (χ4n) is 2.74. The first kappa shape index (κ1) is 18.2. The van der Waals surface area contributed by atoms with E-state index in [0.29, 0.717) is 6.61 Å². The van der Waals surface area contributed by atoms with Gasteiger partial charge < -0.3 is 9.47 Å². The fourth-order valence-corrected chi connectivity index (χ4v) is 4.86. The quantitative estimate of drug-likeness (QED) is 0.514. The second-order valence-corrected chi connectivity index (χ2v) is 11.7. The third-order valence-electron chi connectivity index (χ3n) is 4.13. The number of ether oxygens (including phenoxy) is 2. The number of hydrogen-bond donors (Lipinski definition) is 0. The second kappa shape index (κ2) is 9.21. The van der Waals surface area contributed by atoms with Crippen LogP contribution in [0.25, 0.3) is 0 Å². The van der Waals surface area contributed by atoms with Gasteiger partial charge in [-0.1, -0.05) is 72.4 Å². The lowest BCUT2D eigenvalue weighted by molar-refractivity contribution is -0.155. The van der Waals surface area contributed by atoms with Gasteiger partial charge in [0.2, 0.25) is 0 Å². The predicted molar refractivity (Wildman–Crippen MR) is 100 cm³/mol. The zero-order chi connectivity index (χ0) is 16.5. The molecule has 0 aromatic heterocycles. The van der Waals surface area contributed by atoms with E-state index in [1.807, 2.05) is 0 Å². The molecule has 1 aliphatic rings. The normalized spacial score (nSPS) is 20.1. The molecule has 23 heavy (non-hydrogen) atoms. The van der Waals surface area contributed by atoms with Crippen molar-refractivity contribution in [2.24, 2.45) is 0 Å². The van der Waals surface area contributed by atoms with Gasteiger partial charge in [-0.2, -0.15) is 0 Å². The first-order valence-corrected chi connectivity index (χ1v) is 12.0. The van der Waals surface area contributed by atoms with Crippen LogP contribution in [0.4, 0.5) is 0 Å². The monoisotopic (exact) mass is 330 g/mol. The summed E-state index contributed by atoms with van der Waals surface area (Å²) in [5, 5.41) is 0. The summed E-state index contributed by atoms with van der Waals surface area (Å²) >= 11 is 0. The Hall–Kier alpha value is -1.16. The number of hydrogen-bond acceptors (Lipinski definition) is 2. The molecule has 1 atom stereocenters. The minimum atomic E-state index is -1.37. The van der Waals surface area contributed by atoms with E-state index in [0.717, 1.165) is 13.0 Å². The van der Waals surface area contributed by atoms with E-state index >= 15 is 0 Å². The van der Waals surface area contributed by atoms with Crippen molar-refractivity contribution in [3.8, 4) is 0 Å². The van der Waals surface area contributed by atoms with E-state index in [1.165, 1.54) is 30.0 Å². The van der Waals surface area contributed by atoms with Crippen molar-refractivity contribution in [2.75, 3.05) is 13.2 Å². The molecule has 1 saturated heterocycles. The highest BCUT2D eigenvalue weighted by atomic mass is 28.3. The van der Waals surface area contributed by atoms with Gasteiger partial charge in [-0.3, -0.25) is 0 Å². The molecule has 0 saturated carbocycles. The van der Waals surface area contributed by atoms with E-state index in [4.69, 9.17) is 9.47 Å². The van der Waals surface area contributed by atoms with Crippen LogP contribution in [0.5, 0.6) is 0 Å². The first-order chi connectivity index (χ1) is 11.1. The Morgan fingerprint density at radius 3 is 2.74 bits per heavy atom. The van der Waals surface area contributed by atoms with Crippen molar-refractivity contribution in [1.82, 2.24) is 0 Å². The molecule has 0 bridgehead atoms. The van der Waals surface area contributed by atoms with Crippen molar-refractivity contribution in [1.29, 1.82) is 0 Å². The highest BCUT2D eigenvalue weighted by molar-refractivity contribution is 6.81. The Labute approximate surface area is 142 Å². The molecule has 1 fully saturated rings. The van der Waals surface area contributed by atoms with Gasteiger partial charge in [0.05, 0.1) is 14.7 Å². The number of allylic oxidation sites excluding steroid dienone is 2. The van der Waals surface area contributed by atoms with E-state index in [1.54, 1.807) is 0 Å². The molecule has 0 N–H and O–H groups in total. The lowest BCUT2D eigenvalue weighted by Crippen LogP contribution is -2.26. The van der Waals surface area contributed by atoms with Crippen molar-refractivity contribution in [3.63, 3.8) is 0 Å². The summed E-state index contributed by atoms with van der Waals surface area (Å²) in [6, 6.07) is 12.0. The fraction of sp³-hybridized carbons (Fsp3) is 0.500. The summed E-state index contributed by atoms with van der Waals surface area (Å²) in [5.74, 6) is 0. The van der Waals surface area contributed by atoms with Gasteiger partial charge in [0.25, 0.3) is 0 Å². The SMILES string of the molecule is CC(/C=C/[Si](C)(C)Cc1ccccc1)=C\COC1CCCCO1. The topological polar surface area (TPSA) is 18.5 Å².